The molecule has 0 aliphatic heterocycles. The molecule has 0 bridgehead atoms. The van der Waals surface area contributed by atoms with Gasteiger partial charge in [-0.15, -0.1) is 0 Å². The predicted octanol–water partition coefficient (Wildman–Crippen LogP) is 2.26. The number of nitrogens with one attached hydrogen (secondary N) is 1. The molecule has 2 N–H and O–H groups in total. The summed E-state index contributed by atoms with van der Waals surface area (Å²) in [4.78, 5) is 12.6. The summed E-state index contributed by atoms with van der Waals surface area (Å²) in [6.45, 7) is 7.16. The summed E-state index contributed by atoms with van der Waals surface area (Å²) in [6.07, 6.45) is 5.93. The first kappa shape index (κ1) is 17.3. The van der Waals surface area contributed by atoms with Crippen molar-refractivity contribution >= 4 is 17.7 Å². The number of hydrogen-bond acceptors (Lipinski definition) is 4. The lowest BCUT2D eigenvalue weighted by atomic mass is 10.1. The van der Waals surface area contributed by atoms with Crippen molar-refractivity contribution < 1.29 is 9.90 Å². The van der Waals surface area contributed by atoms with Crippen LogP contribution in [0.4, 0.5) is 0 Å². The van der Waals surface area contributed by atoms with Gasteiger partial charge in [0.15, 0.2) is 0 Å². The zero-order valence-corrected chi connectivity index (χ0v) is 14.7. The Balaban J connectivity index is 2.14. The fourth-order valence-electron chi connectivity index (χ4n) is 2.66. The van der Waals surface area contributed by atoms with Crippen molar-refractivity contribution in [2.45, 2.75) is 57.4 Å². The zero-order chi connectivity index (χ0) is 16.3. The Morgan fingerprint density at radius 3 is 2.68 bits per heavy atom. The van der Waals surface area contributed by atoms with Crippen molar-refractivity contribution in [3.63, 3.8) is 0 Å². The van der Waals surface area contributed by atoms with Crippen LogP contribution >= 0.6 is 11.8 Å². The fourth-order valence-corrected chi connectivity index (χ4v) is 3.29. The van der Waals surface area contributed by atoms with E-state index in [1.54, 1.807) is 18.0 Å². The molecule has 0 radical (unpaired) electrons. The van der Waals surface area contributed by atoms with E-state index in [0.717, 1.165) is 25.1 Å². The van der Waals surface area contributed by atoms with Gasteiger partial charge in [0.1, 0.15) is 0 Å². The average molecular weight is 325 g/mol. The monoisotopic (exact) mass is 325 g/mol. The molecule has 1 aliphatic rings. The average Bonchev–Trinajstić information content (AvgIpc) is 3.21. The molecule has 1 aromatic heterocycles. The highest BCUT2D eigenvalue weighted by atomic mass is 32.2. The first-order valence-electron chi connectivity index (χ1n) is 7.98. The summed E-state index contributed by atoms with van der Waals surface area (Å²) in [5.41, 5.74) is 1.79. The third-order valence-electron chi connectivity index (χ3n) is 4.03. The molecule has 1 aliphatic carbocycles. The molecule has 5 nitrogen and oxygen atoms in total. The van der Waals surface area contributed by atoms with Crippen molar-refractivity contribution in [1.82, 2.24) is 15.1 Å². The van der Waals surface area contributed by atoms with Crippen LogP contribution in [0.25, 0.3) is 0 Å². The van der Waals surface area contributed by atoms with Crippen LogP contribution in [0.2, 0.25) is 0 Å². The summed E-state index contributed by atoms with van der Waals surface area (Å²) in [6, 6.07) is -0.0759. The van der Waals surface area contributed by atoms with Gasteiger partial charge in [-0.25, -0.2) is 0 Å². The molecule has 22 heavy (non-hydrogen) atoms. The van der Waals surface area contributed by atoms with E-state index in [4.69, 9.17) is 0 Å². The van der Waals surface area contributed by atoms with Crippen molar-refractivity contribution in [3.8, 4) is 0 Å². The SMILES string of the molecule is CSC(CO)C(C)NC(=O)c1cnn(CC(C)C)c1C1CC1. The van der Waals surface area contributed by atoms with Crippen molar-refractivity contribution in [2.24, 2.45) is 5.92 Å². The third-order valence-corrected chi connectivity index (χ3v) is 5.19. The zero-order valence-electron chi connectivity index (χ0n) is 13.9. The normalized spacial score (nSPS) is 17.5. The molecule has 0 spiro atoms. The van der Waals surface area contributed by atoms with Gasteiger partial charge in [-0.2, -0.15) is 16.9 Å². The van der Waals surface area contributed by atoms with Gasteiger partial charge < -0.3 is 10.4 Å². The Morgan fingerprint density at radius 1 is 1.50 bits per heavy atom. The van der Waals surface area contributed by atoms with Crippen LogP contribution in [-0.4, -0.2) is 44.9 Å². The maximum Gasteiger partial charge on any atom is 0.255 e. The van der Waals surface area contributed by atoms with Gasteiger partial charge in [-0.3, -0.25) is 9.48 Å². The lowest BCUT2D eigenvalue weighted by Crippen LogP contribution is -2.41. The molecule has 0 aromatic carbocycles. The maximum absolute atomic E-state index is 12.6. The molecular weight excluding hydrogens is 298 g/mol. The topological polar surface area (TPSA) is 67.2 Å². The summed E-state index contributed by atoms with van der Waals surface area (Å²) >= 11 is 1.57. The molecule has 2 unspecified atom stereocenters. The van der Waals surface area contributed by atoms with E-state index in [9.17, 15) is 9.90 Å². The van der Waals surface area contributed by atoms with Crippen molar-refractivity contribution in [1.29, 1.82) is 0 Å². The van der Waals surface area contributed by atoms with Crippen LogP contribution in [0.3, 0.4) is 0 Å². The van der Waals surface area contributed by atoms with E-state index in [1.807, 2.05) is 17.9 Å². The Kier molecular flexibility index (Phi) is 5.92. The van der Waals surface area contributed by atoms with Gasteiger partial charge in [-0.1, -0.05) is 13.8 Å². The first-order chi connectivity index (χ1) is 10.5. The Labute approximate surface area is 136 Å². The van der Waals surface area contributed by atoms with Crippen LogP contribution in [-0.2, 0) is 6.54 Å². The highest BCUT2D eigenvalue weighted by Gasteiger charge is 2.33. The summed E-state index contributed by atoms with van der Waals surface area (Å²) in [7, 11) is 0. The summed E-state index contributed by atoms with van der Waals surface area (Å²) in [5, 5.41) is 16.8. The van der Waals surface area contributed by atoms with Gasteiger partial charge >= 0.3 is 0 Å². The maximum atomic E-state index is 12.6. The van der Waals surface area contributed by atoms with Gasteiger partial charge in [0.05, 0.1) is 24.1 Å². The molecule has 6 heteroatoms. The quantitative estimate of drug-likeness (QED) is 0.769. The molecule has 124 valence electrons. The molecule has 1 saturated carbocycles. The molecule has 0 saturated heterocycles. The van der Waals surface area contributed by atoms with Gasteiger partial charge in [-0.05, 0) is 31.9 Å². The summed E-state index contributed by atoms with van der Waals surface area (Å²) in [5.74, 6) is 0.908. The second kappa shape index (κ2) is 7.51. The molecule has 2 atom stereocenters. The molecule has 1 aromatic rings. The number of hydrogen-bond donors (Lipinski definition) is 2. The minimum atomic E-state index is -0.0759. The van der Waals surface area contributed by atoms with E-state index in [-0.39, 0.29) is 23.8 Å². The van der Waals surface area contributed by atoms with Crippen LogP contribution in [0.15, 0.2) is 6.20 Å². The number of aliphatic hydroxyl groups is 1. The molecular formula is C16H27N3O2S. The van der Waals surface area contributed by atoms with E-state index in [1.165, 1.54) is 0 Å². The first-order valence-corrected chi connectivity index (χ1v) is 9.26. The number of carbonyl (C=O) groups excluding carboxylic acids is 1. The standard InChI is InChI=1S/C16H27N3O2S/c1-10(2)8-19-15(12-5-6-12)13(7-17-19)16(21)18-11(3)14(9-20)22-4/h7,10-12,14,20H,5-6,8-9H2,1-4H3,(H,18,21). The smallest absolute Gasteiger partial charge is 0.255 e. The van der Waals surface area contributed by atoms with Crippen LogP contribution in [0.5, 0.6) is 0 Å². The number of carbonyl (C=O) groups is 1. The molecule has 2 rings (SSSR count). The van der Waals surface area contributed by atoms with Crippen LogP contribution in [0.1, 0.15) is 55.6 Å². The van der Waals surface area contributed by atoms with Crippen LogP contribution in [0, 0.1) is 5.92 Å². The fraction of sp³-hybridized carbons (Fsp3) is 0.750. The Bertz CT molecular complexity index is 507. The number of nitrogens with zero attached hydrogens (tertiary/aromatic N) is 2. The van der Waals surface area contributed by atoms with Crippen molar-refractivity contribution in [3.05, 3.63) is 17.5 Å². The van der Waals surface area contributed by atoms with Gasteiger partial charge in [0, 0.05) is 23.8 Å². The number of aromatic nitrogens is 2. The van der Waals surface area contributed by atoms with Gasteiger partial charge in [0.25, 0.3) is 5.91 Å². The Morgan fingerprint density at radius 2 is 2.18 bits per heavy atom. The van der Waals surface area contributed by atoms with E-state index in [2.05, 4.69) is 24.3 Å². The number of aliphatic hydroxyl groups excluding tert-OH is 1. The molecule has 1 amide bonds. The lowest BCUT2D eigenvalue weighted by molar-refractivity contribution is 0.0934. The third kappa shape index (κ3) is 4.04. The van der Waals surface area contributed by atoms with Gasteiger partial charge in [0.2, 0.25) is 0 Å². The van der Waals surface area contributed by atoms with E-state index in [0.29, 0.717) is 17.4 Å². The lowest BCUT2D eigenvalue weighted by Gasteiger charge is -2.21. The minimum Gasteiger partial charge on any atom is -0.395 e. The highest BCUT2D eigenvalue weighted by molar-refractivity contribution is 7.99. The summed E-state index contributed by atoms with van der Waals surface area (Å²) < 4.78 is 2.00. The molecule has 1 heterocycles. The predicted molar refractivity (Wildman–Crippen MR) is 90.4 cm³/mol. The number of thioether (sulfide) groups is 1. The van der Waals surface area contributed by atoms with Crippen LogP contribution < -0.4 is 5.32 Å². The Hall–Kier alpha value is -1.01. The van der Waals surface area contributed by atoms with E-state index >= 15 is 0 Å². The second-order valence-corrected chi connectivity index (χ2v) is 7.59. The number of rotatable bonds is 8. The largest absolute Gasteiger partial charge is 0.395 e. The number of amides is 1. The van der Waals surface area contributed by atoms with Crippen molar-refractivity contribution in [2.75, 3.05) is 12.9 Å². The minimum absolute atomic E-state index is 0.0130. The molecule has 1 fully saturated rings. The highest BCUT2D eigenvalue weighted by Crippen LogP contribution is 2.41. The second-order valence-electron chi connectivity index (χ2n) is 6.51. The van der Waals surface area contributed by atoms with E-state index < -0.39 is 0 Å².